The van der Waals surface area contributed by atoms with Gasteiger partial charge in [-0.3, -0.25) is 14.4 Å². The molecule has 25 heavy (non-hydrogen) atoms. The molecule has 3 rings (SSSR count). The largest absolute Gasteiger partial charge is 0.340 e. The molecule has 0 saturated carbocycles. The zero-order valence-electron chi connectivity index (χ0n) is 13.7. The van der Waals surface area contributed by atoms with E-state index >= 15 is 0 Å². The topological polar surface area (TPSA) is 100 Å². The molecular weight excluding hydrogens is 320 g/mol. The Morgan fingerprint density at radius 2 is 1.96 bits per heavy atom. The number of nitrogens with zero attached hydrogens (tertiary/aromatic N) is 1. The molecule has 1 aromatic carbocycles. The maximum Gasteiger partial charge on any atom is 0.254 e. The van der Waals surface area contributed by atoms with Crippen LogP contribution in [0.4, 0.5) is 11.5 Å². The minimum Gasteiger partial charge on any atom is -0.340 e. The number of para-hydroxylation sites is 1. The summed E-state index contributed by atoms with van der Waals surface area (Å²) in [6.07, 6.45) is 0.285. The van der Waals surface area contributed by atoms with Crippen LogP contribution in [0.15, 0.2) is 42.5 Å². The molecule has 0 fully saturated rings. The first-order chi connectivity index (χ1) is 12.0. The van der Waals surface area contributed by atoms with Crippen LogP contribution in [0.25, 0.3) is 0 Å². The number of hydrogen-bond donors (Lipinski definition) is 3. The van der Waals surface area contributed by atoms with Crippen molar-refractivity contribution >= 4 is 29.2 Å². The SMILES string of the molecule is Cc1cccc(NC(=O)CC[C@@H]2NC(=O)c3ccccc3NC2=O)n1. The molecule has 0 saturated heterocycles. The second-order valence-electron chi connectivity index (χ2n) is 5.81. The Balaban J connectivity index is 1.61. The number of benzene rings is 1. The summed E-state index contributed by atoms with van der Waals surface area (Å²) in [6, 6.07) is 11.3. The van der Waals surface area contributed by atoms with Crippen molar-refractivity contribution in [3.05, 3.63) is 53.7 Å². The highest BCUT2D eigenvalue weighted by molar-refractivity contribution is 6.09. The van der Waals surface area contributed by atoms with Crippen LogP contribution >= 0.6 is 0 Å². The number of nitrogens with one attached hydrogen (secondary N) is 3. The molecule has 3 N–H and O–H groups in total. The van der Waals surface area contributed by atoms with Gasteiger partial charge in [-0.05, 0) is 37.6 Å². The molecule has 0 spiro atoms. The third kappa shape index (κ3) is 4.00. The van der Waals surface area contributed by atoms with Crippen LogP contribution in [0.3, 0.4) is 0 Å². The van der Waals surface area contributed by atoms with Crippen molar-refractivity contribution in [3.63, 3.8) is 0 Å². The van der Waals surface area contributed by atoms with Gasteiger partial charge in [0.05, 0.1) is 11.3 Å². The van der Waals surface area contributed by atoms with Crippen LogP contribution in [-0.4, -0.2) is 28.7 Å². The average Bonchev–Trinajstić information content (AvgIpc) is 2.70. The van der Waals surface area contributed by atoms with E-state index in [0.29, 0.717) is 17.1 Å². The van der Waals surface area contributed by atoms with E-state index in [1.165, 1.54) is 0 Å². The van der Waals surface area contributed by atoms with E-state index in [-0.39, 0.29) is 30.6 Å². The van der Waals surface area contributed by atoms with Gasteiger partial charge in [0.1, 0.15) is 11.9 Å². The van der Waals surface area contributed by atoms with Crippen LogP contribution in [0.2, 0.25) is 0 Å². The van der Waals surface area contributed by atoms with Gasteiger partial charge in [-0.2, -0.15) is 0 Å². The number of amides is 3. The van der Waals surface area contributed by atoms with Gasteiger partial charge in [0.15, 0.2) is 0 Å². The quantitative estimate of drug-likeness (QED) is 0.792. The maximum atomic E-state index is 12.3. The van der Waals surface area contributed by atoms with Crippen LogP contribution in [-0.2, 0) is 9.59 Å². The molecule has 1 aliphatic heterocycles. The zero-order chi connectivity index (χ0) is 17.8. The normalized spacial score (nSPS) is 16.3. The van der Waals surface area contributed by atoms with Crippen LogP contribution in [0, 0.1) is 6.92 Å². The summed E-state index contributed by atoms with van der Waals surface area (Å²) < 4.78 is 0. The predicted molar refractivity (Wildman–Crippen MR) is 93.2 cm³/mol. The number of rotatable bonds is 4. The zero-order valence-corrected chi connectivity index (χ0v) is 13.7. The molecule has 0 aliphatic carbocycles. The lowest BCUT2D eigenvalue weighted by molar-refractivity contribution is -0.118. The standard InChI is InChI=1S/C18H18N4O3/c1-11-5-4-8-15(19-11)22-16(23)10-9-14-18(25)20-13-7-3-2-6-12(13)17(24)21-14/h2-8,14H,9-10H2,1H3,(H,20,25)(H,21,24)(H,19,22,23)/t14-/m0/s1. The fourth-order valence-corrected chi connectivity index (χ4v) is 2.61. The van der Waals surface area contributed by atoms with Gasteiger partial charge in [0, 0.05) is 12.1 Å². The molecule has 128 valence electrons. The minimum atomic E-state index is -0.767. The molecule has 3 amide bonds. The first-order valence-corrected chi connectivity index (χ1v) is 7.97. The van der Waals surface area contributed by atoms with Gasteiger partial charge in [-0.15, -0.1) is 0 Å². The van der Waals surface area contributed by atoms with Crippen molar-refractivity contribution in [2.75, 3.05) is 10.6 Å². The second-order valence-corrected chi connectivity index (χ2v) is 5.81. The highest BCUT2D eigenvalue weighted by atomic mass is 16.2. The summed E-state index contributed by atoms with van der Waals surface area (Å²) in [6.45, 7) is 1.83. The summed E-state index contributed by atoms with van der Waals surface area (Å²) in [4.78, 5) is 40.7. The number of carbonyl (C=O) groups excluding carboxylic acids is 3. The number of fused-ring (bicyclic) bond motifs is 1. The third-order valence-corrected chi connectivity index (χ3v) is 3.87. The van der Waals surface area contributed by atoms with Crippen molar-refractivity contribution in [3.8, 4) is 0 Å². The first kappa shape index (κ1) is 16.6. The number of pyridine rings is 1. The number of aromatic nitrogens is 1. The number of aryl methyl sites for hydroxylation is 1. The number of anilines is 2. The van der Waals surface area contributed by atoms with E-state index < -0.39 is 6.04 Å². The molecule has 1 aromatic heterocycles. The summed E-state index contributed by atoms with van der Waals surface area (Å²) in [5, 5.41) is 8.07. The Labute approximate surface area is 144 Å². The number of carbonyl (C=O) groups is 3. The molecule has 0 bridgehead atoms. The van der Waals surface area contributed by atoms with Crippen LogP contribution < -0.4 is 16.0 Å². The average molecular weight is 338 g/mol. The molecule has 1 aliphatic rings. The number of hydrogen-bond acceptors (Lipinski definition) is 4. The molecule has 1 atom stereocenters. The van der Waals surface area contributed by atoms with E-state index in [2.05, 4.69) is 20.9 Å². The summed E-state index contributed by atoms with van der Waals surface area (Å²) in [7, 11) is 0. The Morgan fingerprint density at radius 1 is 1.16 bits per heavy atom. The molecule has 2 aromatic rings. The Hall–Kier alpha value is -3.22. The lowest BCUT2D eigenvalue weighted by Crippen LogP contribution is -2.41. The monoisotopic (exact) mass is 338 g/mol. The van der Waals surface area contributed by atoms with E-state index in [1.54, 1.807) is 36.4 Å². The van der Waals surface area contributed by atoms with Crippen molar-refractivity contribution < 1.29 is 14.4 Å². The Kier molecular flexibility index (Phi) is 4.74. The van der Waals surface area contributed by atoms with Gasteiger partial charge in [-0.25, -0.2) is 4.98 Å². The fourth-order valence-electron chi connectivity index (χ4n) is 2.61. The third-order valence-electron chi connectivity index (χ3n) is 3.87. The first-order valence-electron chi connectivity index (χ1n) is 7.97. The molecule has 7 heteroatoms. The van der Waals surface area contributed by atoms with Gasteiger partial charge in [0.2, 0.25) is 11.8 Å². The van der Waals surface area contributed by atoms with Crippen LogP contribution in [0.1, 0.15) is 28.9 Å². The van der Waals surface area contributed by atoms with Crippen LogP contribution in [0.5, 0.6) is 0 Å². The minimum absolute atomic E-state index is 0.0876. The fraction of sp³-hybridized carbons (Fsp3) is 0.222. The second kappa shape index (κ2) is 7.12. The molecule has 7 nitrogen and oxygen atoms in total. The van der Waals surface area contributed by atoms with E-state index in [9.17, 15) is 14.4 Å². The summed E-state index contributed by atoms with van der Waals surface area (Å²) in [5.74, 6) is -0.465. The van der Waals surface area contributed by atoms with Gasteiger partial charge < -0.3 is 16.0 Å². The highest BCUT2D eigenvalue weighted by Gasteiger charge is 2.27. The Bertz CT molecular complexity index is 835. The van der Waals surface area contributed by atoms with E-state index in [1.807, 2.05) is 13.0 Å². The highest BCUT2D eigenvalue weighted by Crippen LogP contribution is 2.19. The van der Waals surface area contributed by atoms with E-state index in [0.717, 1.165) is 5.69 Å². The summed E-state index contributed by atoms with van der Waals surface area (Å²) in [5.41, 5.74) is 1.68. The van der Waals surface area contributed by atoms with E-state index in [4.69, 9.17) is 0 Å². The molecular formula is C18H18N4O3. The molecule has 0 radical (unpaired) electrons. The van der Waals surface area contributed by atoms with Crippen molar-refractivity contribution in [1.82, 2.24) is 10.3 Å². The lowest BCUT2D eigenvalue weighted by Gasteiger charge is -2.14. The molecule has 2 heterocycles. The predicted octanol–water partition coefficient (Wildman–Crippen LogP) is 1.86. The van der Waals surface area contributed by atoms with Gasteiger partial charge in [0.25, 0.3) is 5.91 Å². The maximum absolute atomic E-state index is 12.3. The van der Waals surface area contributed by atoms with Crippen molar-refractivity contribution in [2.24, 2.45) is 0 Å². The summed E-state index contributed by atoms with van der Waals surface area (Å²) >= 11 is 0. The van der Waals surface area contributed by atoms with Gasteiger partial charge in [-0.1, -0.05) is 18.2 Å². The lowest BCUT2D eigenvalue weighted by atomic mass is 10.1. The van der Waals surface area contributed by atoms with Crippen molar-refractivity contribution in [1.29, 1.82) is 0 Å². The molecule has 0 unspecified atom stereocenters. The smallest absolute Gasteiger partial charge is 0.254 e. The van der Waals surface area contributed by atoms with Gasteiger partial charge >= 0.3 is 0 Å². The Morgan fingerprint density at radius 3 is 2.76 bits per heavy atom. The van der Waals surface area contributed by atoms with Crippen molar-refractivity contribution in [2.45, 2.75) is 25.8 Å².